The number of Topliss-reactive ketones (excluding diaryl/α,β-unsaturated/α-hetero) is 2. The number of aliphatic hydroxyl groups excluding tert-OH is 2. The number of esters is 4. The fraction of sp³-hybridized carbons (Fsp3) is 0.721. The third-order valence-corrected chi connectivity index (χ3v) is 24.8. The van der Waals surface area contributed by atoms with Gasteiger partial charge in [0.15, 0.2) is 36.0 Å². The number of carboxylic acid groups (broad SMARTS) is 1. The van der Waals surface area contributed by atoms with Crippen LogP contribution in [-0.2, 0) is 86.0 Å². The van der Waals surface area contributed by atoms with Gasteiger partial charge in [0.1, 0.15) is 18.7 Å². The number of aliphatic hydroxyl groups is 2. The molecule has 2 unspecified atom stereocenters. The molecule has 0 radical (unpaired) electrons. The molecule has 8 aliphatic carbocycles. The van der Waals surface area contributed by atoms with Crippen molar-refractivity contribution in [3.63, 3.8) is 0 Å². The minimum Gasteiger partial charge on any atom is -0.480 e. The van der Waals surface area contributed by atoms with Crippen LogP contribution in [0.2, 0.25) is 0 Å². The van der Waals surface area contributed by atoms with E-state index in [-0.39, 0.29) is 100 Å². The summed E-state index contributed by atoms with van der Waals surface area (Å²) in [6, 6.07) is -3.02. The van der Waals surface area contributed by atoms with Gasteiger partial charge in [-0.1, -0.05) is 85.1 Å². The number of allylic oxidation sites excluding steroid dienone is 8. The molecule has 100 heavy (non-hydrogen) atoms. The van der Waals surface area contributed by atoms with E-state index in [2.05, 4.69) is 15.0 Å². The Hall–Kier alpha value is -7.41. The van der Waals surface area contributed by atoms with Gasteiger partial charge >= 0.3 is 36.0 Å². The predicted molar refractivity (Wildman–Crippen MR) is 349 cm³/mol. The molecule has 554 valence electrons. The molecule has 30 nitrogen and oxygen atoms in total. The van der Waals surface area contributed by atoms with Gasteiger partial charge in [0.05, 0.1) is 48.2 Å². The fourth-order valence-electron chi connectivity index (χ4n) is 18.1. The number of ether oxygens (including phenoxy) is 6. The van der Waals surface area contributed by atoms with Gasteiger partial charge in [0.25, 0.3) is 10.2 Å². The molecule has 0 aliphatic heterocycles. The van der Waals surface area contributed by atoms with Gasteiger partial charge in [-0.3, -0.25) is 43.2 Å². The zero-order valence-corrected chi connectivity index (χ0v) is 59.0. The molecule has 6 N–H and O–H groups in total. The maximum atomic E-state index is 14.3. The number of aliphatic carboxylic acids is 1. The summed E-state index contributed by atoms with van der Waals surface area (Å²) in [5, 5.41) is 54.3. The average molecular weight is 1450 g/mol. The van der Waals surface area contributed by atoms with E-state index in [1.807, 2.05) is 20.8 Å². The molecule has 0 bridgehead atoms. The van der Waals surface area contributed by atoms with Gasteiger partial charge in [-0.05, 0) is 125 Å². The van der Waals surface area contributed by atoms with Crippen LogP contribution in [0, 0.1) is 77.4 Å². The molecular weight excluding hydrogens is 1360 g/mol. The summed E-state index contributed by atoms with van der Waals surface area (Å²) in [6.07, 6.45) is 9.57. The van der Waals surface area contributed by atoms with Crippen molar-refractivity contribution in [3.05, 3.63) is 67.8 Å². The molecule has 18 atom stereocenters. The molecule has 0 spiro atoms. The largest absolute Gasteiger partial charge is 0.508 e. The molecular formula is C68H92Cl2N4O26. The summed E-state index contributed by atoms with van der Waals surface area (Å²) in [5.41, 5.74) is -0.0782. The Bertz CT molecular complexity index is 3360. The number of rotatable bonds is 30. The van der Waals surface area contributed by atoms with Crippen LogP contribution in [0.1, 0.15) is 165 Å². The molecule has 0 aromatic rings. The summed E-state index contributed by atoms with van der Waals surface area (Å²) in [7, 11) is 0. The first kappa shape index (κ1) is 79.9. The molecule has 0 aromatic carbocycles. The third-order valence-electron chi connectivity index (χ3n) is 22.9. The number of ketones is 4. The van der Waals surface area contributed by atoms with Crippen LogP contribution in [-0.4, -0.2) is 175 Å². The number of hydrogen-bond acceptors (Lipinski definition) is 26. The lowest BCUT2D eigenvalue weighted by Crippen LogP contribution is -2.69. The minimum atomic E-state index is -1.81. The Morgan fingerprint density at radius 1 is 0.640 bits per heavy atom. The van der Waals surface area contributed by atoms with Crippen molar-refractivity contribution in [1.82, 2.24) is 5.32 Å². The van der Waals surface area contributed by atoms with Crippen molar-refractivity contribution in [2.24, 2.45) is 62.9 Å². The lowest BCUT2D eigenvalue weighted by molar-refractivity contribution is -0.757. The number of amides is 1. The van der Waals surface area contributed by atoms with Gasteiger partial charge in [0.2, 0.25) is 17.5 Å². The second-order valence-corrected chi connectivity index (χ2v) is 29.6. The highest BCUT2D eigenvalue weighted by molar-refractivity contribution is 6.27. The Labute approximate surface area is 587 Å². The fourth-order valence-corrected chi connectivity index (χ4v) is 19.1. The Balaban J connectivity index is 0.000000281. The topological polar surface area (TPSA) is 447 Å². The first-order valence-electron chi connectivity index (χ1n) is 33.9. The molecule has 8 aliphatic rings. The molecule has 0 saturated heterocycles. The maximum Gasteiger partial charge on any atom is 0.508 e. The van der Waals surface area contributed by atoms with Crippen LogP contribution < -0.4 is 11.1 Å². The minimum absolute atomic E-state index is 0.000434. The summed E-state index contributed by atoms with van der Waals surface area (Å²) in [4.78, 5) is 167. The van der Waals surface area contributed by atoms with Gasteiger partial charge in [0, 0.05) is 52.8 Å². The highest BCUT2D eigenvalue weighted by atomic mass is 35.5. The molecule has 32 heteroatoms. The number of carbonyl (C=O) groups is 11. The summed E-state index contributed by atoms with van der Waals surface area (Å²) >= 11 is 15.0. The van der Waals surface area contributed by atoms with Gasteiger partial charge < -0.3 is 64.5 Å². The monoisotopic (exact) mass is 1450 g/mol. The van der Waals surface area contributed by atoms with Crippen LogP contribution >= 0.6 is 23.2 Å². The van der Waals surface area contributed by atoms with E-state index in [0.717, 1.165) is 11.1 Å². The number of nitrogens with one attached hydrogen (secondary N) is 1. The molecule has 6 saturated carbocycles. The first-order valence-corrected chi connectivity index (χ1v) is 34.7. The number of fused-ring (bicyclic) bond motifs is 10. The number of carboxylic acids is 1. The molecule has 1 amide bonds. The van der Waals surface area contributed by atoms with Crippen molar-refractivity contribution in [3.8, 4) is 0 Å². The Morgan fingerprint density at radius 3 is 1.52 bits per heavy atom. The van der Waals surface area contributed by atoms with Crippen molar-refractivity contribution in [2.45, 2.75) is 210 Å². The number of carbonyl (C=O) groups excluding carboxylic acids is 10. The second-order valence-electron chi connectivity index (χ2n) is 28.4. The third kappa shape index (κ3) is 15.1. The van der Waals surface area contributed by atoms with Crippen LogP contribution in [0.4, 0.5) is 4.79 Å². The van der Waals surface area contributed by atoms with Crippen molar-refractivity contribution < 1.29 is 116 Å². The molecule has 8 rings (SSSR count). The van der Waals surface area contributed by atoms with E-state index >= 15 is 0 Å². The maximum absolute atomic E-state index is 14.3. The number of nitrogens with zero attached hydrogens (tertiary/aromatic N) is 2. The molecule has 0 aromatic heterocycles. The summed E-state index contributed by atoms with van der Waals surface area (Å²) in [6.45, 7) is 11.5. The van der Waals surface area contributed by atoms with E-state index in [0.29, 0.717) is 57.8 Å². The smallest absolute Gasteiger partial charge is 0.480 e. The molecule has 0 heterocycles. The van der Waals surface area contributed by atoms with Crippen molar-refractivity contribution in [2.75, 3.05) is 39.6 Å². The Morgan fingerprint density at radius 2 is 1.08 bits per heavy atom. The number of hydrogen-bond donors (Lipinski definition) is 5. The summed E-state index contributed by atoms with van der Waals surface area (Å²) < 4.78 is 32.5. The number of halogens is 2. The number of alkyl halides is 2. The SMILES string of the molecule is CCC(=O)O[C@]1(C(=O)COC(=O)CC(NC(=O)CCCCCO[N+](=O)[O-])C(=O)O)[C@@H](C)C[C@H]2[C@@H]3CCC4=CC(=O)C=C[C@]4(C)[C@@]3(Cl)[C@@H](O)C[C@@]21C.CCC(=O)O[C@]1(C(=O)COC(=O)OCC(N)C(=O)OCCCCO[N+](=O)[O-])[C@@H](C)C[C@H]2[C@@H]3CCC4=CC(=O)C=C[C@]4(C)[C@@]3(Cl)[C@@H](O)C[C@@]21C. The zero-order valence-electron chi connectivity index (χ0n) is 57.5. The quantitative estimate of drug-likeness (QED) is 0.0127. The number of nitrogens with two attached hydrogens (primary N) is 1. The van der Waals surface area contributed by atoms with Crippen molar-refractivity contribution in [1.29, 1.82) is 0 Å². The van der Waals surface area contributed by atoms with E-state index in [9.17, 15) is 88.3 Å². The van der Waals surface area contributed by atoms with Crippen LogP contribution in [0.3, 0.4) is 0 Å². The highest BCUT2D eigenvalue weighted by Gasteiger charge is 2.78. The first-order chi connectivity index (χ1) is 46.8. The van der Waals surface area contributed by atoms with Gasteiger partial charge in [-0.2, -0.15) is 0 Å². The van der Waals surface area contributed by atoms with Gasteiger partial charge in [-0.15, -0.1) is 43.4 Å². The summed E-state index contributed by atoms with van der Waals surface area (Å²) in [5.74, 6) is -9.49. The predicted octanol–water partition coefficient (Wildman–Crippen LogP) is 6.55. The van der Waals surface area contributed by atoms with E-state index < -0.39 is 169 Å². The van der Waals surface area contributed by atoms with Crippen molar-refractivity contribution >= 4 is 88.2 Å². The standard InChI is InChI=1S/C35H47ClN2O13.C33H45ClN2O13/c1-5-29(43)51-35(27(41)19-49-30(44)17-25(31(45)46)37-28(42)9-7-6-8-14-50-38(47)48)20(2)15-24-23-11-10-21-16-22(39)12-13-32(21,3)34(23,36)26(40)18-33(24,35)4;1-5-27(40)49-33(26(39)18-47-29(42)46-17-24(35)28(41)45-12-6-7-13-48-36(43)44)19(2)14-23-22-9-8-20-15-21(37)10-11-30(20,3)32(22,34)25(38)16-31(23,33)4/h12-13,16,20,23-26,40H,5-11,14-15,17-19H2,1-4H3,(H,37,42)(H,45,46);10-11,15,19,22-25,38H,5-9,12-14,16-18,35H2,1-4H3/t20-,23-,24-,25?,26-,32-,33-,34-,35-;19-,22-,23-,24?,25-,30-,31-,32-,33-/m00/s1. The van der Waals surface area contributed by atoms with E-state index in [1.165, 1.54) is 12.2 Å². The van der Waals surface area contributed by atoms with E-state index in [1.54, 1.807) is 58.9 Å². The van der Waals surface area contributed by atoms with Crippen LogP contribution in [0.15, 0.2) is 47.6 Å². The number of unbranched alkanes of at least 4 members (excludes halogenated alkanes) is 3. The highest BCUT2D eigenvalue weighted by Crippen LogP contribution is 2.74. The lowest BCUT2D eigenvalue weighted by atomic mass is 9.45. The Kier molecular flexibility index (Phi) is 25.5. The molecule has 6 fully saturated rings. The normalized spacial score (nSPS) is 34.6. The zero-order chi connectivity index (χ0) is 74.3. The van der Waals surface area contributed by atoms with Crippen LogP contribution in [0.5, 0.6) is 0 Å². The van der Waals surface area contributed by atoms with Gasteiger partial charge in [-0.25, -0.2) is 9.59 Å². The average Bonchev–Trinajstić information content (AvgIpc) is 1.41. The lowest BCUT2D eigenvalue weighted by Gasteiger charge is -2.64. The van der Waals surface area contributed by atoms with E-state index in [4.69, 9.17) is 57.4 Å². The second kappa shape index (κ2) is 31.9. The van der Waals surface area contributed by atoms with Crippen LogP contribution in [0.25, 0.3) is 0 Å².